The van der Waals surface area contributed by atoms with Gasteiger partial charge in [0, 0.05) is 7.05 Å². The fourth-order valence-electron chi connectivity index (χ4n) is 2.22. The number of aliphatic hydroxyl groups is 1. The normalized spacial score (nSPS) is 33.1. The Morgan fingerprint density at radius 2 is 2.31 bits per heavy atom. The molecular formula is C9H13ClN2O. The third-order valence-electron chi connectivity index (χ3n) is 2.71. The number of hydrogen-bond acceptors (Lipinski definition) is 2. The van der Waals surface area contributed by atoms with Gasteiger partial charge in [0.1, 0.15) is 5.60 Å². The molecule has 1 fully saturated rings. The van der Waals surface area contributed by atoms with Gasteiger partial charge in [-0.2, -0.15) is 5.10 Å². The molecule has 1 aliphatic rings. The van der Waals surface area contributed by atoms with E-state index in [-0.39, 0.29) is 0 Å². The standard InChI is InChI=1S/C9H13ClN2O/c1-6-3-9(13,4-6)8-7(10)5-11-12(8)2/h5-6,13H,3-4H2,1-2H3. The molecule has 0 radical (unpaired) electrons. The van der Waals surface area contributed by atoms with E-state index < -0.39 is 5.60 Å². The first-order chi connectivity index (χ1) is 6.03. The first-order valence-electron chi connectivity index (χ1n) is 4.43. The van der Waals surface area contributed by atoms with Crippen molar-refractivity contribution in [1.29, 1.82) is 0 Å². The van der Waals surface area contributed by atoms with Crippen LogP contribution in [-0.2, 0) is 12.6 Å². The Morgan fingerprint density at radius 1 is 1.69 bits per heavy atom. The minimum atomic E-state index is -0.734. The number of aromatic nitrogens is 2. The number of hydrogen-bond donors (Lipinski definition) is 1. The van der Waals surface area contributed by atoms with E-state index in [0.717, 1.165) is 18.5 Å². The van der Waals surface area contributed by atoms with Crippen molar-refractivity contribution >= 4 is 11.6 Å². The van der Waals surface area contributed by atoms with E-state index in [9.17, 15) is 5.11 Å². The largest absolute Gasteiger partial charge is 0.383 e. The fraction of sp³-hybridized carbons (Fsp3) is 0.667. The molecule has 1 N–H and O–H groups in total. The Hall–Kier alpha value is -0.540. The van der Waals surface area contributed by atoms with Crippen LogP contribution >= 0.6 is 11.6 Å². The van der Waals surface area contributed by atoms with E-state index in [1.165, 1.54) is 0 Å². The van der Waals surface area contributed by atoms with E-state index in [2.05, 4.69) is 12.0 Å². The molecule has 3 nitrogen and oxygen atoms in total. The van der Waals surface area contributed by atoms with Crippen molar-refractivity contribution in [3.63, 3.8) is 0 Å². The molecule has 13 heavy (non-hydrogen) atoms. The third kappa shape index (κ3) is 1.27. The van der Waals surface area contributed by atoms with Crippen molar-refractivity contribution in [2.75, 3.05) is 0 Å². The van der Waals surface area contributed by atoms with Crippen molar-refractivity contribution in [3.05, 3.63) is 16.9 Å². The molecule has 0 atom stereocenters. The summed E-state index contributed by atoms with van der Waals surface area (Å²) in [7, 11) is 1.81. The van der Waals surface area contributed by atoms with E-state index in [1.807, 2.05) is 7.05 Å². The first kappa shape index (κ1) is 9.03. The predicted octanol–water partition coefficient (Wildman–Crippen LogP) is 1.69. The lowest BCUT2D eigenvalue weighted by Gasteiger charge is -2.42. The van der Waals surface area contributed by atoms with Gasteiger partial charge in [0.25, 0.3) is 0 Å². The summed E-state index contributed by atoms with van der Waals surface area (Å²) in [6, 6.07) is 0. The highest BCUT2D eigenvalue weighted by molar-refractivity contribution is 6.31. The van der Waals surface area contributed by atoms with Gasteiger partial charge < -0.3 is 5.11 Å². The minimum Gasteiger partial charge on any atom is -0.383 e. The average Bonchev–Trinajstić information content (AvgIpc) is 2.28. The maximum absolute atomic E-state index is 10.2. The highest BCUT2D eigenvalue weighted by atomic mass is 35.5. The zero-order valence-corrected chi connectivity index (χ0v) is 8.54. The van der Waals surface area contributed by atoms with Gasteiger partial charge >= 0.3 is 0 Å². The third-order valence-corrected chi connectivity index (χ3v) is 2.98. The van der Waals surface area contributed by atoms with Crippen molar-refractivity contribution < 1.29 is 5.11 Å². The SMILES string of the molecule is CC1CC(O)(c2c(Cl)cnn2C)C1. The average molecular weight is 201 g/mol. The Labute approximate surface area is 82.3 Å². The number of nitrogens with zero attached hydrogens (tertiary/aromatic N) is 2. The Morgan fingerprint density at radius 3 is 2.69 bits per heavy atom. The van der Waals surface area contributed by atoms with E-state index in [1.54, 1.807) is 10.9 Å². The zero-order chi connectivity index (χ0) is 9.64. The van der Waals surface area contributed by atoms with Gasteiger partial charge in [-0.05, 0) is 18.8 Å². The van der Waals surface area contributed by atoms with Gasteiger partial charge in [0.2, 0.25) is 0 Å². The Balaban J connectivity index is 2.35. The van der Waals surface area contributed by atoms with Gasteiger partial charge in [-0.25, -0.2) is 0 Å². The van der Waals surface area contributed by atoms with Crippen molar-refractivity contribution in [2.24, 2.45) is 13.0 Å². The van der Waals surface area contributed by atoms with Crippen LogP contribution < -0.4 is 0 Å². The van der Waals surface area contributed by atoms with Gasteiger partial charge in [-0.15, -0.1) is 0 Å². The van der Waals surface area contributed by atoms with Gasteiger partial charge in [-0.1, -0.05) is 18.5 Å². The van der Waals surface area contributed by atoms with Crippen LogP contribution in [0.15, 0.2) is 6.20 Å². The van der Waals surface area contributed by atoms with Gasteiger partial charge in [0.05, 0.1) is 16.9 Å². The van der Waals surface area contributed by atoms with Crippen LogP contribution in [0.3, 0.4) is 0 Å². The predicted molar refractivity (Wildman–Crippen MR) is 50.5 cm³/mol. The topological polar surface area (TPSA) is 38.1 Å². The molecule has 0 bridgehead atoms. The van der Waals surface area contributed by atoms with Gasteiger partial charge in [-0.3, -0.25) is 4.68 Å². The summed E-state index contributed by atoms with van der Waals surface area (Å²) in [5.41, 5.74) is 0.0224. The molecular weight excluding hydrogens is 188 g/mol. The molecule has 0 amide bonds. The molecule has 2 rings (SSSR count). The van der Waals surface area contributed by atoms with Crippen LogP contribution in [0.25, 0.3) is 0 Å². The number of halogens is 1. The highest BCUT2D eigenvalue weighted by Crippen LogP contribution is 2.46. The smallest absolute Gasteiger partial charge is 0.108 e. The van der Waals surface area contributed by atoms with E-state index >= 15 is 0 Å². The summed E-state index contributed by atoms with van der Waals surface area (Å²) in [6.07, 6.45) is 3.15. The van der Waals surface area contributed by atoms with Crippen molar-refractivity contribution in [1.82, 2.24) is 9.78 Å². The molecule has 4 heteroatoms. The maximum atomic E-state index is 10.2. The van der Waals surface area contributed by atoms with Crippen LogP contribution in [0.1, 0.15) is 25.5 Å². The highest BCUT2D eigenvalue weighted by Gasteiger charge is 2.44. The zero-order valence-electron chi connectivity index (χ0n) is 7.79. The molecule has 1 saturated carbocycles. The summed E-state index contributed by atoms with van der Waals surface area (Å²) >= 11 is 5.95. The molecule has 1 aliphatic carbocycles. The maximum Gasteiger partial charge on any atom is 0.108 e. The molecule has 0 unspecified atom stereocenters. The van der Waals surface area contributed by atoms with Crippen LogP contribution in [-0.4, -0.2) is 14.9 Å². The second kappa shape index (κ2) is 2.72. The first-order valence-corrected chi connectivity index (χ1v) is 4.81. The minimum absolute atomic E-state index is 0.567. The summed E-state index contributed by atoms with van der Waals surface area (Å²) in [5, 5.41) is 14.7. The van der Waals surface area contributed by atoms with E-state index in [4.69, 9.17) is 11.6 Å². The van der Waals surface area contributed by atoms with Crippen molar-refractivity contribution in [3.8, 4) is 0 Å². The lowest BCUT2D eigenvalue weighted by molar-refractivity contribution is -0.0797. The van der Waals surface area contributed by atoms with Crippen LogP contribution in [0.5, 0.6) is 0 Å². The number of rotatable bonds is 1. The summed E-state index contributed by atoms with van der Waals surface area (Å²) in [6.45, 7) is 2.12. The van der Waals surface area contributed by atoms with Gasteiger partial charge in [0.15, 0.2) is 0 Å². The van der Waals surface area contributed by atoms with Crippen LogP contribution in [0.4, 0.5) is 0 Å². The lowest BCUT2D eigenvalue weighted by atomic mass is 9.70. The molecule has 0 aliphatic heterocycles. The molecule has 1 heterocycles. The second-order valence-corrected chi connectivity index (χ2v) is 4.42. The van der Waals surface area contributed by atoms with E-state index in [0.29, 0.717) is 10.9 Å². The fourth-order valence-corrected chi connectivity index (χ4v) is 2.56. The summed E-state index contributed by atoms with van der Waals surface area (Å²) < 4.78 is 1.66. The molecule has 0 aromatic carbocycles. The monoisotopic (exact) mass is 200 g/mol. The summed E-state index contributed by atoms with van der Waals surface area (Å²) in [4.78, 5) is 0. The molecule has 72 valence electrons. The Kier molecular flexibility index (Phi) is 1.89. The lowest BCUT2D eigenvalue weighted by Crippen LogP contribution is -2.41. The second-order valence-electron chi connectivity index (χ2n) is 4.01. The molecule has 1 aromatic rings. The number of aryl methyl sites for hydroxylation is 1. The van der Waals surface area contributed by atoms with Crippen molar-refractivity contribution in [2.45, 2.75) is 25.4 Å². The quantitative estimate of drug-likeness (QED) is 0.749. The molecule has 0 saturated heterocycles. The van der Waals surface area contributed by atoms with Crippen LogP contribution in [0, 0.1) is 5.92 Å². The summed E-state index contributed by atoms with van der Waals surface area (Å²) in [5.74, 6) is 0.580. The molecule has 0 spiro atoms. The van der Waals surface area contributed by atoms with Crippen LogP contribution in [0.2, 0.25) is 5.02 Å². The molecule has 1 aromatic heterocycles. The Bertz CT molecular complexity index is 309.